The lowest BCUT2D eigenvalue weighted by molar-refractivity contribution is 0.0470. The van der Waals surface area contributed by atoms with Gasteiger partial charge in [-0.3, -0.25) is 0 Å². The Morgan fingerprint density at radius 3 is 2.50 bits per heavy atom. The maximum absolute atomic E-state index is 12.1. The van der Waals surface area contributed by atoms with E-state index in [-0.39, 0.29) is 30.0 Å². The number of rotatable bonds is 8. The van der Waals surface area contributed by atoms with Crippen LogP contribution in [-0.2, 0) is 21.4 Å². The smallest absolute Gasteiger partial charge is 0.338 e. The zero-order chi connectivity index (χ0) is 19.0. The summed E-state index contributed by atoms with van der Waals surface area (Å²) in [7, 11) is -2.18. The third-order valence-electron chi connectivity index (χ3n) is 3.48. The molecule has 0 aliphatic rings. The SMILES string of the molecule is COc1ccccc1COC(=O)c1ccc(S(=O)(=O)NCCC#N)cc1. The molecule has 0 unspecified atom stereocenters. The maximum atomic E-state index is 12.1. The topological polar surface area (TPSA) is 105 Å². The molecular weight excluding hydrogens is 356 g/mol. The fraction of sp³-hybridized carbons (Fsp3) is 0.222. The second kappa shape index (κ2) is 8.99. The number of para-hydroxylation sites is 1. The van der Waals surface area contributed by atoms with Crippen LogP contribution in [0.15, 0.2) is 53.4 Å². The molecule has 0 saturated heterocycles. The van der Waals surface area contributed by atoms with Crippen LogP contribution in [-0.4, -0.2) is 28.0 Å². The first-order chi connectivity index (χ1) is 12.5. The van der Waals surface area contributed by atoms with E-state index in [1.807, 2.05) is 18.2 Å². The summed E-state index contributed by atoms with van der Waals surface area (Å²) in [5.41, 5.74) is 0.958. The van der Waals surface area contributed by atoms with Crippen molar-refractivity contribution in [2.24, 2.45) is 0 Å². The lowest BCUT2D eigenvalue weighted by Crippen LogP contribution is -2.24. The van der Waals surface area contributed by atoms with Gasteiger partial charge in [0.1, 0.15) is 12.4 Å². The Bertz CT molecular complexity index is 902. The number of carbonyl (C=O) groups is 1. The van der Waals surface area contributed by atoms with E-state index in [9.17, 15) is 13.2 Å². The van der Waals surface area contributed by atoms with Crippen molar-refractivity contribution in [2.75, 3.05) is 13.7 Å². The molecular formula is C18H18N2O5S. The van der Waals surface area contributed by atoms with Crippen molar-refractivity contribution < 1.29 is 22.7 Å². The van der Waals surface area contributed by atoms with Gasteiger partial charge in [-0.15, -0.1) is 0 Å². The number of hydrogen-bond donors (Lipinski definition) is 1. The highest BCUT2D eigenvalue weighted by atomic mass is 32.2. The van der Waals surface area contributed by atoms with E-state index in [0.29, 0.717) is 5.75 Å². The lowest BCUT2D eigenvalue weighted by Gasteiger charge is -2.09. The van der Waals surface area contributed by atoms with E-state index >= 15 is 0 Å². The third kappa shape index (κ3) is 5.05. The summed E-state index contributed by atoms with van der Waals surface area (Å²) < 4.78 is 36.8. The first-order valence-electron chi connectivity index (χ1n) is 7.73. The molecule has 0 bridgehead atoms. The lowest BCUT2D eigenvalue weighted by atomic mass is 10.2. The molecule has 136 valence electrons. The fourth-order valence-electron chi connectivity index (χ4n) is 2.14. The number of nitriles is 1. The van der Waals surface area contributed by atoms with Gasteiger partial charge < -0.3 is 9.47 Å². The molecule has 7 nitrogen and oxygen atoms in total. The average Bonchev–Trinajstić information content (AvgIpc) is 2.66. The van der Waals surface area contributed by atoms with Crippen LogP contribution in [0.1, 0.15) is 22.3 Å². The molecule has 26 heavy (non-hydrogen) atoms. The quantitative estimate of drug-likeness (QED) is 0.561. The van der Waals surface area contributed by atoms with Crippen LogP contribution >= 0.6 is 0 Å². The van der Waals surface area contributed by atoms with E-state index < -0.39 is 16.0 Å². The van der Waals surface area contributed by atoms with Crippen molar-refractivity contribution in [1.29, 1.82) is 5.26 Å². The number of esters is 1. The minimum Gasteiger partial charge on any atom is -0.496 e. The number of carbonyl (C=O) groups excluding carboxylic acids is 1. The van der Waals surface area contributed by atoms with Gasteiger partial charge >= 0.3 is 5.97 Å². The van der Waals surface area contributed by atoms with Crippen LogP contribution in [0.4, 0.5) is 0 Å². The number of ether oxygens (including phenoxy) is 2. The Balaban J connectivity index is 2.01. The van der Waals surface area contributed by atoms with Crippen LogP contribution in [0.2, 0.25) is 0 Å². The number of benzene rings is 2. The van der Waals surface area contributed by atoms with Gasteiger partial charge in [-0.2, -0.15) is 5.26 Å². The normalized spacial score (nSPS) is 10.8. The van der Waals surface area contributed by atoms with E-state index in [1.165, 1.54) is 31.4 Å². The molecule has 2 aromatic carbocycles. The Morgan fingerprint density at radius 1 is 1.15 bits per heavy atom. The highest BCUT2D eigenvalue weighted by Gasteiger charge is 2.15. The molecule has 0 atom stereocenters. The molecule has 2 rings (SSSR count). The van der Waals surface area contributed by atoms with Crippen LogP contribution in [0.25, 0.3) is 0 Å². The molecule has 0 amide bonds. The Kier molecular flexibility index (Phi) is 6.72. The molecule has 0 aromatic heterocycles. The summed E-state index contributed by atoms with van der Waals surface area (Å²) in [4.78, 5) is 12.1. The van der Waals surface area contributed by atoms with Crippen molar-refractivity contribution in [3.63, 3.8) is 0 Å². The molecule has 0 radical (unpaired) electrons. The van der Waals surface area contributed by atoms with Gasteiger partial charge in [0, 0.05) is 18.5 Å². The summed E-state index contributed by atoms with van der Waals surface area (Å²) in [6.07, 6.45) is 0.0760. The first-order valence-corrected chi connectivity index (χ1v) is 9.22. The highest BCUT2D eigenvalue weighted by molar-refractivity contribution is 7.89. The molecule has 0 saturated carbocycles. The summed E-state index contributed by atoms with van der Waals surface area (Å²) in [5.74, 6) is 0.0440. The van der Waals surface area contributed by atoms with Crippen LogP contribution in [0, 0.1) is 11.3 Å². The van der Waals surface area contributed by atoms with Crippen LogP contribution in [0.3, 0.4) is 0 Å². The van der Waals surface area contributed by atoms with Crippen molar-refractivity contribution in [3.05, 3.63) is 59.7 Å². The van der Waals surface area contributed by atoms with Crippen molar-refractivity contribution in [1.82, 2.24) is 4.72 Å². The second-order valence-electron chi connectivity index (χ2n) is 5.22. The summed E-state index contributed by atoms with van der Waals surface area (Å²) in [5, 5.41) is 8.45. The van der Waals surface area contributed by atoms with Crippen molar-refractivity contribution in [2.45, 2.75) is 17.9 Å². The van der Waals surface area contributed by atoms with Crippen molar-refractivity contribution in [3.8, 4) is 11.8 Å². The molecule has 0 aliphatic carbocycles. The van der Waals surface area contributed by atoms with Gasteiger partial charge in [0.25, 0.3) is 0 Å². The predicted octanol–water partition coefficient (Wildman–Crippen LogP) is 2.24. The first kappa shape index (κ1) is 19.4. The number of nitrogens with one attached hydrogen (secondary N) is 1. The summed E-state index contributed by atoms with van der Waals surface area (Å²) in [6, 6.07) is 14.4. The number of methoxy groups -OCH3 is 1. The zero-order valence-corrected chi connectivity index (χ0v) is 15.0. The largest absolute Gasteiger partial charge is 0.496 e. The molecule has 8 heteroatoms. The molecule has 0 fully saturated rings. The molecule has 0 heterocycles. The Morgan fingerprint density at radius 2 is 1.85 bits per heavy atom. The number of hydrogen-bond acceptors (Lipinski definition) is 6. The van der Waals surface area contributed by atoms with Gasteiger partial charge in [0.05, 0.1) is 23.6 Å². The average molecular weight is 374 g/mol. The number of sulfonamides is 1. The van der Waals surface area contributed by atoms with Gasteiger partial charge in [-0.25, -0.2) is 17.9 Å². The Hall–Kier alpha value is -2.89. The molecule has 0 aliphatic heterocycles. The number of nitrogens with zero attached hydrogens (tertiary/aromatic N) is 1. The van der Waals surface area contributed by atoms with E-state index in [1.54, 1.807) is 12.1 Å². The van der Waals surface area contributed by atoms with Gasteiger partial charge in [-0.05, 0) is 30.3 Å². The van der Waals surface area contributed by atoms with Crippen LogP contribution < -0.4 is 9.46 Å². The Labute approximate surface area is 152 Å². The minimum atomic E-state index is -3.71. The monoisotopic (exact) mass is 374 g/mol. The fourth-order valence-corrected chi connectivity index (χ4v) is 3.18. The predicted molar refractivity (Wildman–Crippen MR) is 94.0 cm³/mol. The van der Waals surface area contributed by atoms with E-state index in [0.717, 1.165) is 5.56 Å². The minimum absolute atomic E-state index is 0.0109. The van der Waals surface area contributed by atoms with E-state index in [2.05, 4.69) is 4.72 Å². The second-order valence-corrected chi connectivity index (χ2v) is 6.99. The van der Waals surface area contributed by atoms with Crippen LogP contribution in [0.5, 0.6) is 5.75 Å². The van der Waals surface area contributed by atoms with Gasteiger partial charge in [-0.1, -0.05) is 18.2 Å². The summed E-state index contributed by atoms with van der Waals surface area (Å²) in [6.45, 7) is 0.0696. The zero-order valence-electron chi connectivity index (χ0n) is 14.1. The van der Waals surface area contributed by atoms with Gasteiger partial charge in [0.2, 0.25) is 10.0 Å². The summed E-state index contributed by atoms with van der Waals surface area (Å²) >= 11 is 0. The third-order valence-corrected chi connectivity index (χ3v) is 4.96. The highest BCUT2D eigenvalue weighted by Crippen LogP contribution is 2.19. The molecule has 2 aromatic rings. The standard InChI is InChI=1S/C18H18N2O5S/c1-24-17-6-3-2-5-15(17)13-25-18(21)14-7-9-16(10-8-14)26(22,23)20-12-4-11-19/h2-3,5-10,20H,4,12-13H2,1H3. The van der Waals surface area contributed by atoms with Gasteiger partial charge in [0.15, 0.2) is 0 Å². The van der Waals surface area contributed by atoms with Crippen molar-refractivity contribution >= 4 is 16.0 Å². The van der Waals surface area contributed by atoms with E-state index in [4.69, 9.17) is 14.7 Å². The molecule has 1 N–H and O–H groups in total. The molecule has 0 spiro atoms. The maximum Gasteiger partial charge on any atom is 0.338 e.